The van der Waals surface area contributed by atoms with Gasteiger partial charge < -0.3 is 9.88 Å². The van der Waals surface area contributed by atoms with Crippen LogP contribution >= 0.6 is 34.7 Å². The molecule has 0 aliphatic rings. The first kappa shape index (κ1) is 17.1. The minimum atomic E-state index is -0.0210. The summed E-state index contributed by atoms with van der Waals surface area (Å²) in [5.41, 5.74) is 0.715. The van der Waals surface area contributed by atoms with Gasteiger partial charge in [0, 0.05) is 40.7 Å². The number of thiophene rings is 1. The minimum absolute atomic E-state index is 0.0210. The normalized spacial score (nSPS) is 10.8. The number of amides is 1. The minimum Gasteiger partial charge on any atom is -0.329 e. The predicted molar refractivity (Wildman–Crippen MR) is 100 cm³/mol. The lowest BCUT2D eigenvalue weighted by Crippen LogP contribution is -2.12. The molecular formula is C17H16ClN3OS2. The average molecular weight is 378 g/mol. The van der Waals surface area contributed by atoms with Crippen molar-refractivity contribution in [2.45, 2.75) is 22.9 Å². The number of halogens is 1. The van der Waals surface area contributed by atoms with Crippen LogP contribution in [0.5, 0.6) is 0 Å². The van der Waals surface area contributed by atoms with Gasteiger partial charge in [0.15, 0.2) is 5.16 Å². The monoisotopic (exact) mass is 377 g/mol. The van der Waals surface area contributed by atoms with E-state index < -0.39 is 0 Å². The highest BCUT2D eigenvalue weighted by molar-refractivity contribution is 7.99. The van der Waals surface area contributed by atoms with E-state index in [1.54, 1.807) is 23.6 Å². The second kappa shape index (κ2) is 7.88. The van der Waals surface area contributed by atoms with E-state index in [2.05, 4.69) is 10.3 Å². The lowest BCUT2D eigenvalue weighted by molar-refractivity contribution is -0.116. The molecule has 0 saturated heterocycles. The van der Waals surface area contributed by atoms with Gasteiger partial charge in [-0.2, -0.15) is 0 Å². The molecule has 0 fully saturated rings. The third kappa shape index (κ3) is 4.41. The summed E-state index contributed by atoms with van der Waals surface area (Å²) < 4.78 is 1.93. The van der Waals surface area contributed by atoms with Gasteiger partial charge in [-0.25, -0.2) is 4.98 Å². The zero-order chi connectivity index (χ0) is 16.9. The molecule has 24 heavy (non-hydrogen) atoms. The van der Waals surface area contributed by atoms with E-state index in [0.29, 0.717) is 17.1 Å². The Morgan fingerprint density at radius 3 is 3.00 bits per heavy atom. The summed E-state index contributed by atoms with van der Waals surface area (Å²) in [5, 5.41) is 6.43. The highest BCUT2D eigenvalue weighted by Crippen LogP contribution is 2.34. The molecule has 0 atom stereocenters. The van der Waals surface area contributed by atoms with Crippen molar-refractivity contribution in [3.8, 4) is 0 Å². The number of aromatic nitrogens is 2. The standard InChI is InChI=1S/C17H16ClN3OS2/c1-21-9-8-19-17(21)24-15-6-4-12(18)11-14(15)20-16(22)7-5-13-3-2-10-23-13/h2-4,6,8-11H,5,7H2,1H3,(H,20,22). The van der Waals surface area contributed by atoms with Gasteiger partial charge in [-0.05, 0) is 47.8 Å². The molecule has 0 radical (unpaired) electrons. The number of carbonyl (C=O) groups is 1. The summed E-state index contributed by atoms with van der Waals surface area (Å²) in [6.07, 6.45) is 4.82. The van der Waals surface area contributed by atoms with Gasteiger partial charge in [-0.3, -0.25) is 4.79 Å². The smallest absolute Gasteiger partial charge is 0.224 e. The number of benzene rings is 1. The Morgan fingerprint density at radius 1 is 1.42 bits per heavy atom. The zero-order valence-electron chi connectivity index (χ0n) is 13.0. The maximum atomic E-state index is 12.3. The number of aryl methyl sites for hydroxylation is 2. The van der Waals surface area contributed by atoms with Crippen LogP contribution in [0.2, 0.25) is 5.02 Å². The number of nitrogens with one attached hydrogen (secondary N) is 1. The number of carbonyl (C=O) groups excluding carboxylic acids is 1. The van der Waals surface area contributed by atoms with E-state index in [9.17, 15) is 4.79 Å². The van der Waals surface area contributed by atoms with Crippen molar-refractivity contribution in [3.63, 3.8) is 0 Å². The molecule has 0 unspecified atom stereocenters. The second-order valence-corrected chi connectivity index (χ2v) is 7.67. The van der Waals surface area contributed by atoms with Gasteiger partial charge in [0.2, 0.25) is 5.91 Å². The number of rotatable bonds is 6. The van der Waals surface area contributed by atoms with Gasteiger partial charge in [0.05, 0.1) is 5.69 Å². The van der Waals surface area contributed by atoms with Crippen molar-refractivity contribution in [1.29, 1.82) is 0 Å². The predicted octanol–water partition coefficient (Wildman–Crippen LogP) is 4.86. The summed E-state index contributed by atoms with van der Waals surface area (Å²) >= 11 is 9.25. The van der Waals surface area contributed by atoms with Crippen LogP contribution < -0.4 is 5.32 Å². The van der Waals surface area contributed by atoms with Crippen molar-refractivity contribution in [1.82, 2.24) is 9.55 Å². The molecular weight excluding hydrogens is 362 g/mol. The average Bonchev–Trinajstić information content (AvgIpc) is 3.20. The molecule has 1 aromatic carbocycles. The third-order valence-electron chi connectivity index (χ3n) is 3.37. The van der Waals surface area contributed by atoms with E-state index in [0.717, 1.165) is 16.5 Å². The Morgan fingerprint density at radius 2 is 2.29 bits per heavy atom. The van der Waals surface area contributed by atoms with Crippen molar-refractivity contribution in [2.24, 2.45) is 7.05 Å². The van der Waals surface area contributed by atoms with Crippen molar-refractivity contribution in [2.75, 3.05) is 5.32 Å². The fraction of sp³-hybridized carbons (Fsp3) is 0.176. The molecule has 1 N–H and O–H groups in total. The van der Waals surface area contributed by atoms with Crippen LogP contribution in [-0.4, -0.2) is 15.5 Å². The maximum absolute atomic E-state index is 12.3. The Bertz CT molecular complexity index is 830. The van der Waals surface area contributed by atoms with Crippen LogP contribution in [0.25, 0.3) is 0 Å². The van der Waals surface area contributed by atoms with E-state index in [-0.39, 0.29) is 5.91 Å². The largest absolute Gasteiger partial charge is 0.329 e. The molecule has 7 heteroatoms. The van der Waals surface area contributed by atoms with Crippen LogP contribution in [0.15, 0.2) is 58.2 Å². The number of imidazole rings is 1. The number of hydrogen-bond donors (Lipinski definition) is 1. The summed E-state index contributed by atoms with van der Waals surface area (Å²) in [6, 6.07) is 9.52. The van der Waals surface area contributed by atoms with Crippen LogP contribution in [0.3, 0.4) is 0 Å². The summed E-state index contributed by atoms with van der Waals surface area (Å²) in [5.74, 6) is -0.0210. The molecule has 4 nitrogen and oxygen atoms in total. The fourth-order valence-corrected chi connectivity index (χ4v) is 3.89. The van der Waals surface area contributed by atoms with Gasteiger partial charge in [-0.15, -0.1) is 11.3 Å². The molecule has 0 bridgehead atoms. The lowest BCUT2D eigenvalue weighted by atomic mass is 10.2. The first-order valence-electron chi connectivity index (χ1n) is 7.39. The van der Waals surface area contributed by atoms with Crippen molar-refractivity contribution >= 4 is 46.3 Å². The van der Waals surface area contributed by atoms with Crippen LogP contribution in [0, 0.1) is 0 Å². The number of anilines is 1. The molecule has 3 rings (SSSR count). The summed E-state index contributed by atoms with van der Waals surface area (Å²) in [7, 11) is 1.94. The second-order valence-electron chi connectivity index (χ2n) is 5.19. The Kier molecular flexibility index (Phi) is 5.60. The molecule has 124 valence electrons. The van der Waals surface area contributed by atoms with Gasteiger partial charge >= 0.3 is 0 Å². The topological polar surface area (TPSA) is 46.9 Å². The molecule has 0 aliphatic heterocycles. The van der Waals surface area contributed by atoms with E-state index in [1.165, 1.54) is 16.6 Å². The maximum Gasteiger partial charge on any atom is 0.224 e. The van der Waals surface area contributed by atoms with Crippen LogP contribution in [0.1, 0.15) is 11.3 Å². The third-order valence-corrected chi connectivity index (χ3v) is 5.70. The summed E-state index contributed by atoms with van der Waals surface area (Å²) in [6.45, 7) is 0. The highest BCUT2D eigenvalue weighted by Gasteiger charge is 2.11. The molecule has 0 aliphatic carbocycles. The van der Waals surface area contributed by atoms with Gasteiger partial charge in [0.1, 0.15) is 0 Å². The molecule has 0 saturated carbocycles. The first-order chi connectivity index (χ1) is 11.6. The van der Waals surface area contributed by atoms with Crippen LogP contribution in [-0.2, 0) is 18.3 Å². The van der Waals surface area contributed by atoms with E-state index in [1.807, 2.05) is 47.5 Å². The van der Waals surface area contributed by atoms with E-state index >= 15 is 0 Å². The molecule has 1 amide bonds. The fourth-order valence-electron chi connectivity index (χ4n) is 2.14. The van der Waals surface area contributed by atoms with E-state index in [4.69, 9.17) is 11.6 Å². The molecule has 2 heterocycles. The van der Waals surface area contributed by atoms with Crippen LogP contribution in [0.4, 0.5) is 5.69 Å². The summed E-state index contributed by atoms with van der Waals surface area (Å²) in [4.78, 5) is 18.7. The SMILES string of the molecule is Cn1ccnc1Sc1ccc(Cl)cc1NC(=O)CCc1cccs1. The first-order valence-corrected chi connectivity index (χ1v) is 9.46. The quantitative estimate of drug-likeness (QED) is 0.667. The van der Waals surface area contributed by atoms with Crippen molar-refractivity contribution < 1.29 is 4.79 Å². The Hall–Kier alpha value is -1.76. The zero-order valence-corrected chi connectivity index (χ0v) is 15.4. The lowest BCUT2D eigenvalue weighted by Gasteiger charge is -2.11. The molecule has 2 aromatic heterocycles. The molecule has 0 spiro atoms. The molecule has 3 aromatic rings. The number of nitrogens with zero attached hydrogens (tertiary/aromatic N) is 2. The Balaban J connectivity index is 1.70. The van der Waals surface area contributed by atoms with Crippen molar-refractivity contribution in [3.05, 3.63) is 58.0 Å². The van der Waals surface area contributed by atoms with Gasteiger partial charge in [-0.1, -0.05) is 17.7 Å². The number of hydrogen-bond acceptors (Lipinski definition) is 4. The van der Waals surface area contributed by atoms with Gasteiger partial charge in [0.25, 0.3) is 0 Å². The highest BCUT2D eigenvalue weighted by atomic mass is 35.5. The Labute approximate surface area is 153 Å².